The van der Waals surface area contributed by atoms with E-state index >= 15 is 0 Å². The van der Waals surface area contributed by atoms with Crippen molar-refractivity contribution < 1.29 is 14.6 Å². The quantitative estimate of drug-likeness (QED) is 0.221. The maximum absolute atomic E-state index is 11.0. The van der Waals surface area contributed by atoms with E-state index < -0.39 is 0 Å². The molecule has 0 fully saturated rings. The van der Waals surface area contributed by atoms with Crippen LogP contribution in [0.3, 0.4) is 0 Å². The summed E-state index contributed by atoms with van der Waals surface area (Å²) in [5.41, 5.74) is 0.480. The normalized spacial score (nSPS) is 9.86. The predicted octanol–water partition coefficient (Wildman–Crippen LogP) is 1.26. The Labute approximate surface area is 89.1 Å². The van der Waals surface area contributed by atoms with Crippen LogP contribution < -0.4 is 5.32 Å². The molecule has 4 nitrogen and oxygen atoms in total. The van der Waals surface area contributed by atoms with Gasteiger partial charge in [-0.1, -0.05) is 6.58 Å². The Morgan fingerprint density at radius 1 is 1.43 bits per heavy atom. The highest BCUT2D eigenvalue weighted by Gasteiger charge is 1.99. The van der Waals surface area contributed by atoms with E-state index in [4.69, 9.17) is 21.4 Å². The molecule has 82 valence electrons. The van der Waals surface area contributed by atoms with Crippen LogP contribution in [0.25, 0.3) is 0 Å². The maximum atomic E-state index is 11.0. The van der Waals surface area contributed by atoms with Gasteiger partial charge in [0.15, 0.2) is 0 Å². The zero-order valence-corrected chi connectivity index (χ0v) is 9.10. The van der Waals surface area contributed by atoms with Crippen molar-refractivity contribution in [3.8, 4) is 0 Å². The van der Waals surface area contributed by atoms with Crippen molar-refractivity contribution in [1.82, 2.24) is 5.32 Å². The van der Waals surface area contributed by atoms with E-state index in [1.165, 1.54) is 0 Å². The van der Waals surface area contributed by atoms with Crippen molar-refractivity contribution >= 4 is 17.5 Å². The SMILES string of the molecule is C=C(C)C(=O)NCCOOCCCCl. The molecule has 0 radical (unpaired) electrons. The van der Waals surface area contributed by atoms with Gasteiger partial charge in [0.1, 0.15) is 0 Å². The summed E-state index contributed by atoms with van der Waals surface area (Å²) >= 11 is 5.42. The molecule has 1 amide bonds. The van der Waals surface area contributed by atoms with Crippen LogP contribution in [0.4, 0.5) is 0 Å². The second-order valence-corrected chi connectivity index (χ2v) is 3.10. The number of hydrogen-bond donors (Lipinski definition) is 1. The van der Waals surface area contributed by atoms with Crippen LogP contribution in [-0.4, -0.2) is 31.5 Å². The van der Waals surface area contributed by atoms with Gasteiger partial charge in [-0.15, -0.1) is 11.6 Å². The minimum absolute atomic E-state index is 0.172. The van der Waals surface area contributed by atoms with Gasteiger partial charge in [-0.2, -0.15) is 0 Å². The molecule has 0 bridgehead atoms. The number of rotatable bonds is 8. The lowest BCUT2D eigenvalue weighted by molar-refractivity contribution is -0.292. The first kappa shape index (κ1) is 13.4. The van der Waals surface area contributed by atoms with Crippen molar-refractivity contribution in [1.29, 1.82) is 0 Å². The molecule has 1 N–H and O–H groups in total. The standard InChI is InChI=1S/C9H16ClNO3/c1-8(2)9(12)11-5-7-14-13-6-3-4-10/h1,3-7H2,2H3,(H,11,12). The first-order valence-electron chi connectivity index (χ1n) is 4.42. The number of halogens is 1. The summed E-state index contributed by atoms with van der Waals surface area (Å²) in [7, 11) is 0. The van der Waals surface area contributed by atoms with Gasteiger partial charge >= 0.3 is 0 Å². The van der Waals surface area contributed by atoms with Crippen LogP contribution in [0.2, 0.25) is 0 Å². The molecule has 14 heavy (non-hydrogen) atoms. The molecule has 5 heteroatoms. The molecule has 0 aromatic heterocycles. The molecular formula is C9H16ClNO3. The lowest BCUT2D eigenvalue weighted by Crippen LogP contribution is -2.27. The Hall–Kier alpha value is -0.580. The molecule has 0 aliphatic heterocycles. The van der Waals surface area contributed by atoms with Crippen LogP contribution >= 0.6 is 11.6 Å². The van der Waals surface area contributed by atoms with Crippen LogP contribution in [0.15, 0.2) is 12.2 Å². The molecule has 0 heterocycles. The van der Waals surface area contributed by atoms with Crippen molar-refractivity contribution in [2.75, 3.05) is 25.6 Å². The van der Waals surface area contributed by atoms with Gasteiger partial charge in [0, 0.05) is 18.0 Å². The van der Waals surface area contributed by atoms with E-state index in [9.17, 15) is 4.79 Å². The Morgan fingerprint density at radius 3 is 2.64 bits per heavy atom. The summed E-state index contributed by atoms with van der Waals surface area (Å²) in [6.45, 7) is 6.34. The van der Waals surface area contributed by atoms with Crippen molar-refractivity contribution in [2.45, 2.75) is 13.3 Å². The molecule has 0 aliphatic rings. The summed E-state index contributed by atoms with van der Waals surface area (Å²) < 4.78 is 0. The highest BCUT2D eigenvalue weighted by Crippen LogP contribution is 1.88. The Balaban J connectivity index is 3.13. The number of carbonyl (C=O) groups excluding carboxylic acids is 1. The van der Waals surface area contributed by atoms with Crippen LogP contribution in [0, 0.1) is 0 Å². The van der Waals surface area contributed by atoms with Crippen molar-refractivity contribution in [2.24, 2.45) is 0 Å². The maximum Gasteiger partial charge on any atom is 0.246 e. The summed E-state index contributed by atoms with van der Waals surface area (Å²) in [5.74, 6) is 0.379. The fourth-order valence-corrected chi connectivity index (χ4v) is 0.698. The average molecular weight is 222 g/mol. The summed E-state index contributed by atoms with van der Waals surface area (Å²) in [5, 5.41) is 2.60. The third-order valence-corrected chi connectivity index (χ3v) is 1.57. The fourth-order valence-electron chi connectivity index (χ4n) is 0.588. The Bertz CT molecular complexity index is 185. The van der Waals surface area contributed by atoms with Gasteiger partial charge < -0.3 is 5.32 Å². The highest BCUT2D eigenvalue weighted by atomic mass is 35.5. The Kier molecular flexibility index (Phi) is 8.62. The predicted molar refractivity (Wildman–Crippen MR) is 55.1 cm³/mol. The molecular weight excluding hydrogens is 206 g/mol. The molecule has 0 aliphatic carbocycles. The monoisotopic (exact) mass is 221 g/mol. The smallest absolute Gasteiger partial charge is 0.246 e. The molecule has 0 saturated carbocycles. The van der Waals surface area contributed by atoms with E-state index in [0.717, 1.165) is 6.42 Å². The number of amides is 1. The zero-order valence-electron chi connectivity index (χ0n) is 8.35. The molecule has 0 rings (SSSR count). The first-order valence-corrected chi connectivity index (χ1v) is 4.96. The van der Waals surface area contributed by atoms with E-state index in [1.54, 1.807) is 6.92 Å². The molecule has 0 spiro atoms. The number of carbonyl (C=O) groups is 1. The Morgan fingerprint density at radius 2 is 2.07 bits per heavy atom. The topological polar surface area (TPSA) is 47.6 Å². The zero-order chi connectivity index (χ0) is 10.8. The second kappa shape index (κ2) is 8.99. The second-order valence-electron chi connectivity index (χ2n) is 2.72. The third-order valence-electron chi connectivity index (χ3n) is 1.30. The van der Waals surface area contributed by atoms with E-state index in [1.807, 2.05) is 0 Å². The van der Waals surface area contributed by atoms with Gasteiger partial charge in [-0.25, -0.2) is 9.78 Å². The largest absolute Gasteiger partial charge is 0.350 e. The van der Waals surface area contributed by atoms with Crippen LogP contribution in [-0.2, 0) is 14.6 Å². The molecule has 0 saturated heterocycles. The van der Waals surface area contributed by atoms with Crippen molar-refractivity contribution in [3.63, 3.8) is 0 Å². The molecule has 0 aromatic carbocycles. The first-order chi connectivity index (χ1) is 6.68. The lowest BCUT2D eigenvalue weighted by atomic mass is 10.3. The van der Waals surface area contributed by atoms with E-state index in [2.05, 4.69) is 11.9 Å². The molecule has 0 atom stereocenters. The van der Waals surface area contributed by atoms with Gasteiger partial charge in [-0.05, 0) is 13.3 Å². The summed E-state index contributed by atoms with van der Waals surface area (Å²) in [6, 6.07) is 0. The van der Waals surface area contributed by atoms with Gasteiger partial charge in [0.2, 0.25) is 5.91 Å². The minimum Gasteiger partial charge on any atom is -0.350 e. The summed E-state index contributed by atoms with van der Waals surface area (Å²) in [6.07, 6.45) is 0.750. The van der Waals surface area contributed by atoms with Crippen LogP contribution in [0.5, 0.6) is 0 Å². The fraction of sp³-hybridized carbons (Fsp3) is 0.667. The van der Waals surface area contributed by atoms with Gasteiger partial charge in [-0.3, -0.25) is 4.79 Å². The van der Waals surface area contributed by atoms with Gasteiger partial charge in [0.05, 0.1) is 13.2 Å². The van der Waals surface area contributed by atoms with Crippen molar-refractivity contribution in [3.05, 3.63) is 12.2 Å². The minimum atomic E-state index is -0.172. The van der Waals surface area contributed by atoms with E-state index in [-0.39, 0.29) is 5.91 Å². The van der Waals surface area contributed by atoms with E-state index in [0.29, 0.717) is 31.2 Å². The third kappa shape index (κ3) is 8.04. The number of hydrogen-bond acceptors (Lipinski definition) is 3. The van der Waals surface area contributed by atoms with Gasteiger partial charge in [0.25, 0.3) is 0 Å². The average Bonchev–Trinajstić information content (AvgIpc) is 2.16. The van der Waals surface area contributed by atoms with Crippen LogP contribution in [0.1, 0.15) is 13.3 Å². The summed E-state index contributed by atoms with van der Waals surface area (Å²) in [4.78, 5) is 20.5. The highest BCUT2D eigenvalue weighted by molar-refractivity contribution is 6.17. The molecule has 0 aromatic rings. The number of nitrogens with one attached hydrogen (secondary N) is 1. The molecule has 0 unspecified atom stereocenters. The lowest BCUT2D eigenvalue weighted by Gasteiger charge is -2.04. The number of alkyl halides is 1.